The fourth-order valence-electron chi connectivity index (χ4n) is 2.19. The van der Waals surface area contributed by atoms with Gasteiger partial charge in [-0.05, 0) is 58.8 Å². The Morgan fingerprint density at radius 2 is 2.24 bits per heavy atom. The molecular formula is C14H21BrN2O2S2. The molecule has 118 valence electrons. The van der Waals surface area contributed by atoms with Crippen molar-refractivity contribution in [2.75, 3.05) is 18.1 Å². The maximum absolute atomic E-state index is 12.4. The predicted octanol–water partition coefficient (Wildman–Crippen LogP) is 2.73. The van der Waals surface area contributed by atoms with Crippen molar-refractivity contribution in [3.63, 3.8) is 0 Å². The van der Waals surface area contributed by atoms with Crippen LogP contribution in [0.1, 0.15) is 25.3 Å². The van der Waals surface area contributed by atoms with E-state index >= 15 is 0 Å². The number of rotatable bonds is 7. The molecule has 7 heteroatoms. The largest absolute Gasteiger partial charge is 0.313 e. The molecule has 1 atom stereocenters. The summed E-state index contributed by atoms with van der Waals surface area (Å²) in [6, 6.07) is 5.47. The van der Waals surface area contributed by atoms with E-state index in [1.54, 1.807) is 17.8 Å². The highest BCUT2D eigenvalue weighted by Gasteiger charge is 2.24. The van der Waals surface area contributed by atoms with E-state index in [-0.39, 0.29) is 6.04 Å². The zero-order valence-corrected chi connectivity index (χ0v) is 15.3. The zero-order chi connectivity index (χ0) is 15.3. The lowest BCUT2D eigenvalue weighted by atomic mass is 10.2. The first-order chi connectivity index (χ1) is 10.0. The van der Waals surface area contributed by atoms with Crippen LogP contribution in [-0.2, 0) is 16.6 Å². The van der Waals surface area contributed by atoms with Crippen LogP contribution in [-0.4, -0.2) is 32.5 Å². The van der Waals surface area contributed by atoms with Crippen molar-refractivity contribution in [2.45, 2.75) is 37.2 Å². The molecule has 1 saturated heterocycles. The van der Waals surface area contributed by atoms with E-state index in [2.05, 4.69) is 32.9 Å². The van der Waals surface area contributed by atoms with Crippen LogP contribution in [0.4, 0.5) is 0 Å². The first-order valence-electron chi connectivity index (χ1n) is 7.12. The molecule has 1 aromatic carbocycles. The smallest absolute Gasteiger partial charge is 0.241 e. The predicted molar refractivity (Wildman–Crippen MR) is 92.2 cm³/mol. The third kappa shape index (κ3) is 4.96. The summed E-state index contributed by atoms with van der Waals surface area (Å²) >= 11 is 5.18. The lowest BCUT2D eigenvalue weighted by molar-refractivity contribution is 0.562. The maximum Gasteiger partial charge on any atom is 0.241 e. The minimum Gasteiger partial charge on any atom is -0.313 e. The van der Waals surface area contributed by atoms with Gasteiger partial charge in [0.2, 0.25) is 10.0 Å². The fraction of sp³-hybridized carbons (Fsp3) is 0.571. The van der Waals surface area contributed by atoms with Gasteiger partial charge in [-0.3, -0.25) is 0 Å². The van der Waals surface area contributed by atoms with Crippen LogP contribution in [0, 0.1) is 0 Å². The molecule has 1 aromatic rings. The number of halogens is 1. The van der Waals surface area contributed by atoms with Crippen LogP contribution in [0.15, 0.2) is 27.6 Å². The first-order valence-corrected chi connectivity index (χ1v) is 10.5. The van der Waals surface area contributed by atoms with Crippen LogP contribution in [0.25, 0.3) is 0 Å². The Morgan fingerprint density at radius 1 is 1.43 bits per heavy atom. The minimum absolute atomic E-state index is 0.0535. The number of thioether (sulfide) groups is 1. The van der Waals surface area contributed by atoms with E-state index in [1.165, 1.54) is 0 Å². The van der Waals surface area contributed by atoms with Crippen molar-refractivity contribution in [1.82, 2.24) is 10.0 Å². The van der Waals surface area contributed by atoms with Gasteiger partial charge in [0.25, 0.3) is 0 Å². The quantitative estimate of drug-likeness (QED) is 0.700. The summed E-state index contributed by atoms with van der Waals surface area (Å²) in [5.41, 5.74) is 1.07. The fourth-order valence-corrected chi connectivity index (χ4v) is 5.85. The summed E-state index contributed by atoms with van der Waals surface area (Å²) in [5.74, 6) is 1.88. The Hall–Kier alpha value is -0.0800. The van der Waals surface area contributed by atoms with E-state index in [0.717, 1.165) is 43.0 Å². The molecule has 0 spiro atoms. The summed E-state index contributed by atoms with van der Waals surface area (Å²) in [6.07, 6.45) is 1.98. The van der Waals surface area contributed by atoms with Crippen molar-refractivity contribution in [1.29, 1.82) is 0 Å². The number of hydrogen-bond acceptors (Lipinski definition) is 4. The minimum atomic E-state index is -3.45. The van der Waals surface area contributed by atoms with Gasteiger partial charge in [-0.25, -0.2) is 13.1 Å². The van der Waals surface area contributed by atoms with Crippen LogP contribution in [0.2, 0.25) is 0 Å². The van der Waals surface area contributed by atoms with Gasteiger partial charge in [-0.15, -0.1) is 0 Å². The monoisotopic (exact) mass is 392 g/mol. The molecule has 1 aliphatic rings. The lowest BCUT2D eigenvalue weighted by Crippen LogP contribution is -2.34. The van der Waals surface area contributed by atoms with Crippen molar-refractivity contribution < 1.29 is 8.42 Å². The number of nitrogens with one attached hydrogen (secondary N) is 2. The molecule has 4 nitrogen and oxygen atoms in total. The van der Waals surface area contributed by atoms with Gasteiger partial charge in [-0.2, -0.15) is 11.8 Å². The van der Waals surface area contributed by atoms with E-state index in [4.69, 9.17) is 0 Å². The molecule has 2 N–H and O–H groups in total. The molecule has 21 heavy (non-hydrogen) atoms. The number of hydrogen-bond donors (Lipinski definition) is 2. The number of benzene rings is 1. The molecule has 0 bridgehead atoms. The van der Waals surface area contributed by atoms with Crippen LogP contribution in [0.5, 0.6) is 0 Å². The normalized spacial score (nSPS) is 19.0. The second kappa shape index (κ2) is 7.97. The van der Waals surface area contributed by atoms with Gasteiger partial charge < -0.3 is 5.32 Å². The molecule has 0 aliphatic carbocycles. The average Bonchev–Trinajstić information content (AvgIpc) is 2.91. The molecule has 1 heterocycles. The third-order valence-electron chi connectivity index (χ3n) is 3.29. The second-order valence-electron chi connectivity index (χ2n) is 5.12. The molecular weight excluding hydrogens is 372 g/mol. The Kier molecular flexibility index (Phi) is 6.55. The molecule has 0 radical (unpaired) electrons. The maximum atomic E-state index is 12.4. The van der Waals surface area contributed by atoms with E-state index in [1.807, 2.05) is 12.1 Å². The van der Waals surface area contributed by atoms with Crippen molar-refractivity contribution in [3.8, 4) is 0 Å². The lowest BCUT2D eigenvalue weighted by Gasteiger charge is -2.14. The molecule has 1 aliphatic heterocycles. The summed E-state index contributed by atoms with van der Waals surface area (Å²) in [5, 5.41) is 3.31. The topological polar surface area (TPSA) is 58.2 Å². The van der Waals surface area contributed by atoms with Crippen molar-refractivity contribution >= 4 is 37.7 Å². The van der Waals surface area contributed by atoms with E-state index in [9.17, 15) is 8.42 Å². The summed E-state index contributed by atoms with van der Waals surface area (Å²) in [6.45, 7) is 3.82. The average molecular weight is 393 g/mol. The van der Waals surface area contributed by atoms with Gasteiger partial charge in [-0.1, -0.05) is 13.0 Å². The third-order valence-corrected chi connectivity index (χ3v) is 6.95. The highest BCUT2D eigenvalue weighted by atomic mass is 79.9. The van der Waals surface area contributed by atoms with Gasteiger partial charge >= 0.3 is 0 Å². The highest BCUT2D eigenvalue weighted by Crippen LogP contribution is 2.25. The SMILES string of the molecule is CCCNCc1ccc(S(=O)(=O)NC2CCSC2)c(Br)c1. The van der Waals surface area contributed by atoms with E-state index < -0.39 is 10.0 Å². The van der Waals surface area contributed by atoms with E-state index in [0.29, 0.717) is 9.37 Å². The van der Waals surface area contributed by atoms with Crippen molar-refractivity contribution in [3.05, 3.63) is 28.2 Å². The second-order valence-corrected chi connectivity index (χ2v) is 8.81. The highest BCUT2D eigenvalue weighted by molar-refractivity contribution is 9.10. The molecule has 2 rings (SSSR count). The summed E-state index contributed by atoms with van der Waals surface area (Å²) < 4.78 is 28.2. The molecule has 0 aromatic heterocycles. The standard InChI is InChI=1S/C14H21BrN2O2S2/c1-2-6-16-9-11-3-4-14(13(15)8-11)21(18,19)17-12-5-7-20-10-12/h3-4,8,12,16-17H,2,5-7,9-10H2,1H3. The zero-order valence-electron chi connectivity index (χ0n) is 12.1. The molecule has 0 amide bonds. The summed E-state index contributed by atoms with van der Waals surface area (Å²) in [7, 11) is -3.45. The van der Waals surface area contributed by atoms with Crippen molar-refractivity contribution in [2.24, 2.45) is 0 Å². The van der Waals surface area contributed by atoms with Gasteiger partial charge in [0, 0.05) is 22.8 Å². The Balaban J connectivity index is 2.08. The van der Waals surface area contributed by atoms with Crippen LogP contribution in [0.3, 0.4) is 0 Å². The number of sulfonamides is 1. The van der Waals surface area contributed by atoms with Gasteiger partial charge in [0.05, 0.1) is 4.90 Å². The Labute approximate surface area is 139 Å². The molecule has 0 saturated carbocycles. The van der Waals surface area contributed by atoms with Crippen LogP contribution >= 0.6 is 27.7 Å². The van der Waals surface area contributed by atoms with Gasteiger partial charge in [0.15, 0.2) is 0 Å². The first kappa shape index (κ1) is 17.3. The van der Waals surface area contributed by atoms with Crippen LogP contribution < -0.4 is 10.0 Å². The molecule has 1 fully saturated rings. The summed E-state index contributed by atoms with van der Waals surface area (Å²) in [4.78, 5) is 0.318. The Bertz CT molecular complexity index is 572. The Morgan fingerprint density at radius 3 is 2.86 bits per heavy atom. The molecule has 1 unspecified atom stereocenters. The van der Waals surface area contributed by atoms with Gasteiger partial charge in [0.1, 0.15) is 0 Å².